The van der Waals surface area contributed by atoms with Gasteiger partial charge in [-0.3, -0.25) is 14.2 Å². The van der Waals surface area contributed by atoms with Crippen LogP contribution in [0.5, 0.6) is 0 Å². The number of rotatable bonds is 8. The van der Waals surface area contributed by atoms with Gasteiger partial charge in [-0.05, 0) is 85.5 Å². The van der Waals surface area contributed by atoms with Crippen molar-refractivity contribution in [2.75, 3.05) is 6.61 Å². The minimum Gasteiger partial charge on any atom is -0.396 e. The molecular weight excluding hydrogens is 618 g/mol. The molecule has 7 rings (SSSR count). The number of aliphatic hydroxyl groups excluding tert-OH is 1. The SMILES string of the molecule is O=C(NC1CCC(n2c(=O)c3cc(F)cnc3n(-c3cccc(-c4ccc(CCCO)cc4)c3)c2=O)CC1)c1cn2cc(F)ccc2n1. The summed E-state index contributed by atoms with van der Waals surface area (Å²) in [6.07, 6.45) is 6.98. The predicted molar refractivity (Wildman–Crippen MR) is 176 cm³/mol. The zero-order valence-corrected chi connectivity index (χ0v) is 25.9. The Morgan fingerprint density at radius 1 is 0.917 bits per heavy atom. The Hall–Kier alpha value is -5.49. The Morgan fingerprint density at radius 2 is 1.71 bits per heavy atom. The lowest BCUT2D eigenvalue weighted by molar-refractivity contribution is 0.0917. The molecule has 12 heteroatoms. The average Bonchev–Trinajstić information content (AvgIpc) is 3.52. The van der Waals surface area contributed by atoms with Crippen molar-refractivity contribution >= 4 is 22.6 Å². The van der Waals surface area contributed by atoms with Gasteiger partial charge in [-0.2, -0.15) is 0 Å². The summed E-state index contributed by atoms with van der Waals surface area (Å²) in [6, 6.07) is 18.4. The lowest BCUT2D eigenvalue weighted by Crippen LogP contribution is -2.45. The summed E-state index contributed by atoms with van der Waals surface area (Å²) in [7, 11) is 0. The molecule has 6 aromatic rings. The number of fused-ring (bicyclic) bond motifs is 2. The second-order valence-electron chi connectivity index (χ2n) is 12.1. The molecule has 2 aromatic carbocycles. The van der Waals surface area contributed by atoms with Gasteiger partial charge < -0.3 is 14.8 Å². The molecule has 10 nitrogen and oxygen atoms in total. The van der Waals surface area contributed by atoms with Crippen molar-refractivity contribution in [1.82, 2.24) is 28.8 Å². The molecule has 4 heterocycles. The molecule has 48 heavy (non-hydrogen) atoms. The summed E-state index contributed by atoms with van der Waals surface area (Å²) < 4.78 is 32.0. The topological polar surface area (TPSA) is 124 Å². The first-order valence-corrected chi connectivity index (χ1v) is 15.9. The Kier molecular flexibility index (Phi) is 8.40. The van der Waals surface area contributed by atoms with Crippen molar-refractivity contribution in [3.8, 4) is 16.8 Å². The number of pyridine rings is 2. The Balaban J connectivity index is 1.17. The van der Waals surface area contributed by atoms with Gasteiger partial charge in [0.25, 0.3) is 11.5 Å². The van der Waals surface area contributed by atoms with Crippen molar-refractivity contribution in [1.29, 1.82) is 0 Å². The number of aliphatic hydroxyl groups is 1. The fourth-order valence-electron chi connectivity index (χ4n) is 6.52. The van der Waals surface area contributed by atoms with E-state index in [1.54, 1.807) is 6.07 Å². The van der Waals surface area contributed by atoms with E-state index < -0.39 is 34.8 Å². The van der Waals surface area contributed by atoms with Gasteiger partial charge in [0.05, 0.1) is 17.3 Å². The molecule has 1 saturated carbocycles. The van der Waals surface area contributed by atoms with Crippen LogP contribution < -0.4 is 16.6 Å². The molecule has 1 amide bonds. The highest BCUT2D eigenvalue weighted by Gasteiger charge is 2.28. The van der Waals surface area contributed by atoms with Crippen molar-refractivity contribution in [3.63, 3.8) is 0 Å². The van der Waals surface area contributed by atoms with Gasteiger partial charge in [-0.15, -0.1) is 0 Å². The number of halogens is 2. The van der Waals surface area contributed by atoms with Gasteiger partial charge >= 0.3 is 5.69 Å². The zero-order valence-electron chi connectivity index (χ0n) is 25.9. The van der Waals surface area contributed by atoms with Gasteiger partial charge in [0.15, 0.2) is 5.65 Å². The highest BCUT2D eigenvalue weighted by Crippen LogP contribution is 2.29. The molecular formula is C36H32F2N6O4. The predicted octanol–water partition coefficient (Wildman–Crippen LogP) is 4.98. The van der Waals surface area contributed by atoms with Gasteiger partial charge in [-0.1, -0.05) is 36.4 Å². The van der Waals surface area contributed by atoms with Crippen LogP contribution in [-0.4, -0.2) is 47.2 Å². The van der Waals surface area contributed by atoms with Gasteiger partial charge in [0.2, 0.25) is 0 Å². The highest BCUT2D eigenvalue weighted by atomic mass is 19.1. The van der Waals surface area contributed by atoms with Crippen molar-refractivity contribution < 1.29 is 18.7 Å². The van der Waals surface area contributed by atoms with Crippen molar-refractivity contribution in [2.45, 2.75) is 50.6 Å². The lowest BCUT2D eigenvalue weighted by atomic mass is 9.90. The fourth-order valence-corrected chi connectivity index (χ4v) is 6.52. The quantitative estimate of drug-likeness (QED) is 0.240. The first-order chi connectivity index (χ1) is 23.3. The van der Waals surface area contributed by atoms with E-state index in [2.05, 4.69) is 15.3 Å². The number of nitrogens with zero attached hydrogens (tertiary/aromatic N) is 5. The number of aryl methyl sites for hydroxylation is 1. The lowest BCUT2D eigenvalue weighted by Gasteiger charge is -2.30. The summed E-state index contributed by atoms with van der Waals surface area (Å²) in [4.78, 5) is 49.4. The molecule has 0 radical (unpaired) electrons. The summed E-state index contributed by atoms with van der Waals surface area (Å²) in [5.74, 6) is -1.53. The maximum absolute atomic E-state index is 14.4. The van der Waals surface area contributed by atoms with Crippen molar-refractivity contribution in [2.24, 2.45) is 0 Å². The monoisotopic (exact) mass is 650 g/mol. The van der Waals surface area contributed by atoms with E-state index in [4.69, 9.17) is 5.11 Å². The second kappa shape index (κ2) is 13.0. The molecule has 0 saturated heterocycles. The van der Waals surface area contributed by atoms with E-state index in [1.165, 1.54) is 38.1 Å². The number of carbonyl (C=O) groups is 1. The number of amides is 1. The maximum atomic E-state index is 14.4. The number of benzene rings is 2. The molecule has 0 unspecified atom stereocenters. The van der Waals surface area contributed by atoms with Crippen LogP contribution in [-0.2, 0) is 6.42 Å². The largest absolute Gasteiger partial charge is 0.396 e. The molecule has 0 bridgehead atoms. The average molecular weight is 651 g/mol. The van der Waals surface area contributed by atoms with E-state index in [-0.39, 0.29) is 29.4 Å². The summed E-state index contributed by atoms with van der Waals surface area (Å²) in [5.41, 5.74) is 2.82. The molecule has 0 atom stereocenters. The summed E-state index contributed by atoms with van der Waals surface area (Å²) in [6.45, 7) is 0.124. The summed E-state index contributed by atoms with van der Waals surface area (Å²) in [5, 5.41) is 12.1. The van der Waals surface area contributed by atoms with Crippen LogP contribution in [0.1, 0.15) is 54.2 Å². The van der Waals surface area contributed by atoms with Crippen LogP contribution in [0.4, 0.5) is 8.78 Å². The molecule has 0 spiro atoms. The van der Waals surface area contributed by atoms with Gasteiger partial charge in [-0.25, -0.2) is 28.1 Å². The van der Waals surface area contributed by atoms with Gasteiger partial charge in [0, 0.05) is 31.1 Å². The number of hydrogen-bond acceptors (Lipinski definition) is 6. The first kappa shape index (κ1) is 31.1. The molecule has 1 fully saturated rings. The third-order valence-corrected chi connectivity index (χ3v) is 8.95. The van der Waals surface area contributed by atoms with Gasteiger partial charge in [0.1, 0.15) is 23.0 Å². The minimum atomic E-state index is -0.688. The molecule has 4 aromatic heterocycles. The number of nitrogens with one attached hydrogen (secondary N) is 1. The van der Waals surface area contributed by atoms with Crippen LogP contribution in [0.2, 0.25) is 0 Å². The number of imidazole rings is 1. The summed E-state index contributed by atoms with van der Waals surface area (Å²) >= 11 is 0. The smallest absolute Gasteiger partial charge is 0.337 e. The molecule has 244 valence electrons. The Bertz CT molecular complexity index is 2270. The number of carbonyl (C=O) groups excluding carboxylic acids is 1. The number of aromatic nitrogens is 5. The van der Waals surface area contributed by atoms with E-state index in [0.29, 0.717) is 43.4 Å². The minimum absolute atomic E-state index is 0.00745. The van der Waals surface area contributed by atoms with E-state index in [9.17, 15) is 23.2 Å². The fraction of sp³-hybridized carbons (Fsp3) is 0.250. The molecule has 1 aliphatic carbocycles. The number of hydrogen-bond donors (Lipinski definition) is 2. The maximum Gasteiger partial charge on any atom is 0.337 e. The normalized spacial score (nSPS) is 16.4. The third-order valence-electron chi connectivity index (χ3n) is 8.95. The van der Waals surface area contributed by atoms with Crippen molar-refractivity contribution in [3.05, 3.63) is 129 Å². The van der Waals surface area contributed by atoms with Crippen LogP contribution in [0.25, 0.3) is 33.5 Å². The third kappa shape index (κ3) is 6.02. The van der Waals surface area contributed by atoms with E-state index in [0.717, 1.165) is 35.4 Å². The van der Waals surface area contributed by atoms with Crippen LogP contribution in [0.15, 0.2) is 94.9 Å². The highest BCUT2D eigenvalue weighted by molar-refractivity contribution is 5.93. The van der Waals surface area contributed by atoms with Crippen LogP contribution in [0.3, 0.4) is 0 Å². The Morgan fingerprint density at radius 3 is 2.48 bits per heavy atom. The van der Waals surface area contributed by atoms with E-state index >= 15 is 0 Å². The molecule has 1 aliphatic rings. The first-order valence-electron chi connectivity index (χ1n) is 15.9. The van der Waals surface area contributed by atoms with Crippen LogP contribution >= 0.6 is 0 Å². The Labute approximate surface area is 273 Å². The molecule has 2 N–H and O–H groups in total. The second-order valence-corrected chi connectivity index (χ2v) is 12.1. The zero-order chi connectivity index (χ0) is 33.4. The standard InChI is InChI=1S/C36H32F2N6O4/c37-25-10-15-32-41-31(21-42(32)20-25)34(46)40-27-11-13-28(14-12-27)44-35(47)30-18-26(38)19-39-33(30)43(36(44)48)29-5-1-4-24(17-29)23-8-6-22(7-9-23)3-2-16-45/h1,4-10,15,17-21,27-28,45H,2-3,11-14,16H2,(H,40,46). The van der Waals surface area contributed by atoms with E-state index in [1.807, 2.05) is 42.5 Å². The van der Waals surface area contributed by atoms with Crippen LogP contribution in [0, 0.1) is 11.6 Å². The molecule has 0 aliphatic heterocycles.